The molecule has 2 saturated heterocycles. The molecule has 0 saturated carbocycles. The molecule has 0 radical (unpaired) electrons. The summed E-state index contributed by atoms with van der Waals surface area (Å²) in [6.45, 7) is 17.3. The van der Waals surface area contributed by atoms with Gasteiger partial charge in [0.05, 0.1) is 36.4 Å². The number of ether oxygens (including phenoxy) is 3. The highest BCUT2D eigenvalue weighted by Crippen LogP contribution is 2.31. The Hall–Kier alpha value is -1.78. The summed E-state index contributed by atoms with van der Waals surface area (Å²) >= 11 is 2.22. The Kier molecular flexibility index (Phi) is 19.1. The molecule has 0 aromatic heterocycles. The maximum Gasteiger partial charge on any atom is 0.326 e. The van der Waals surface area contributed by atoms with Gasteiger partial charge in [-0.15, -0.1) is 0 Å². The zero-order chi connectivity index (χ0) is 36.7. The summed E-state index contributed by atoms with van der Waals surface area (Å²) in [5.74, 6) is -0.519. The van der Waals surface area contributed by atoms with Gasteiger partial charge < -0.3 is 40.0 Å². The van der Waals surface area contributed by atoms with Crippen molar-refractivity contribution in [3.63, 3.8) is 0 Å². The number of methoxy groups -OCH3 is 1. The fourth-order valence-electron chi connectivity index (χ4n) is 6.81. The molecule has 2 rings (SSSR count). The van der Waals surface area contributed by atoms with Crippen molar-refractivity contribution in [2.45, 2.75) is 136 Å². The number of aliphatic carboxylic acids is 1. The lowest BCUT2D eigenvalue weighted by atomic mass is 9.88. The Morgan fingerprint density at radius 3 is 2.39 bits per heavy atom. The van der Waals surface area contributed by atoms with Gasteiger partial charge in [0.2, 0.25) is 5.91 Å². The maximum absolute atomic E-state index is 12.7. The number of aliphatic hydroxyl groups excluding tert-OH is 1. The van der Waals surface area contributed by atoms with E-state index in [0.29, 0.717) is 44.8 Å². The van der Waals surface area contributed by atoms with Crippen LogP contribution in [0.4, 0.5) is 4.79 Å². The maximum atomic E-state index is 12.7. The van der Waals surface area contributed by atoms with Crippen molar-refractivity contribution in [2.75, 3.05) is 39.8 Å². The predicted molar refractivity (Wildman–Crippen MR) is 199 cm³/mol. The molecule has 2 aliphatic heterocycles. The van der Waals surface area contributed by atoms with E-state index in [4.69, 9.17) is 14.2 Å². The molecule has 0 aliphatic carbocycles. The van der Waals surface area contributed by atoms with Crippen molar-refractivity contribution in [3.8, 4) is 0 Å². The molecule has 12 nitrogen and oxygen atoms in total. The third kappa shape index (κ3) is 16.0. The van der Waals surface area contributed by atoms with E-state index < -0.39 is 23.7 Å². The highest BCUT2D eigenvalue weighted by Gasteiger charge is 2.32. The number of carbonyl (C=O) groups excluding carboxylic acids is 2. The first-order valence-corrected chi connectivity index (χ1v) is 18.8. The average Bonchev–Trinajstić information content (AvgIpc) is 3.00. The van der Waals surface area contributed by atoms with Gasteiger partial charge in [0.25, 0.3) is 0 Å². The highest BCUT2D eigenvalue weighted by molar-refractivity contribution is 14.1. The molecule has 282 valence electrons. The monoisotopic (exact) mass is 806 g/mol. The molecule has 0 bridgehead atoms. The number of allylic oxidation sites excluding steroid dienone is 3. The number of hydrogen-bond donors (Lipinski definition) is 4. The van der Waals surface area contributed by atoms with Gasteiger partial charge >= 0.3 is 12.0 Å². The van der Waals surface area contributed by atoms with Crippen LogP contribution in [0.15, 0.2) is 23.8 Å². The average molecular weight is 807 g/mol. The fourth-order valence-corrected chi connectivity index (χ4v) is 7.25. The largest absolute Gasteiger partial charge is 0.480 e. The smallest absolute Gasteiger partial charge is 0.326 e. The van der Waals surface area contributed by atoms with E-state index in [2.05, 4.69) is 89.5 Å². The first kappa shape index (κ1) is 43.4. The number of hydrogen-bond acceptors (Lipinski definition) is 8. The second-order valence-corrected chi connectivity index (χ2v) is 15.9. The summed E-state index contributed by atoms with van der Waals surface area (Å²) in [5.41, 5.74) is 0.725. The quantitative estimate of drug-likeness (QED) is 0.0607. The Balaban J connectivity index is 1.75. The van der Waals surface area contributed by atoms with Crippen LogP contribution in [0.5, 0.6) is 0 Å². The molecule has 3 amide bonds. The van der Waals surface area contributed by atoms with Gasteiger partial charge in [0.15, 0.2) is 0 Å². The lowest BCUT2D eigenvalue weighted by Crippen LogP contribution is -2.53. The molecule has 2 fully saturated rings. The molecular formula is C36H63IN4O8. The van der Waals surface area contributed by atoms with E-state index in [-0.39, 0.29) is 48.7 Å². The van der Waals surface area contributed by atoms with Crippen LogP contribution in [0, 0.1) is 11.8 Å². The number of carboxylic acids is 1. The number of carboxylic acid groups (broad SMARTS) is 1. The zero-order valence-electron chi connectivity index (χ0n) is 31.0. The number of aliphatic hydroxyl groups is 1. The van der Waals surface area contributed by atoms with Crippen molar-refractivity contribution in [1.82, 2.24) is 18.6 Å². The third-order valence-electron chi connectivity index (χ3n) is 9.34. The summed E-state index contributed by atoms with van der Waals surface area (Å²) in [7, 11) is 1.59. The first-order chi connectivity index (χ1) is 23.0. The number of urea groups is 1. The molecular weight excluding hydrogens is 743 g/mol. The van der Waals surface area contributed by atoms with Gasteiger partial charge in [0, 0.05) is 62.7 Å². The summed E-state index contributed by atoms with van der Waals surface area (Å²) in [6.07, 6.45) is 9.24. The van der Waals surface area contributed by atoms with E-state index in [9.17, 15) is 24.6 Å². The zero-order valence-corrected chi connectivity index (χ0v) is 33.1. The van der Waals surface area contributed by atoms with Crippen LogP contribution in [0.3, 0.4) is 0 Å². The molecule has 0 spiro atoms. The Bertz CT molecular complexity index is 1090. The number of nitrogens with one attached hydrogen (secondary N) is 2. The van der Waals surface area contributed by atoms with E-state index >= 15 is 0 Å². The lowest BCUT2D eigenvalue weighted by Gasteiger charge is -2.35. The van der Waals surface area contributed by atoms with E-state index in [1.807, 2.05) is 6.92 Å². The standard InChI is InChI=1S/C36H63IN4O8/c1-24(23-36(6,7)49-28(5)33(47-8)27(4)42)12-11-13-25(2)32-26(3)15-16-29(48-32)22-31(43)38-17-10-9-14-30(34(44)45)39-35(46)40-18-20-41(37)21-19-40/h11-13,24,26-30,32-33,42H,9-10,14-23H2,1-8H3,(H,38,43)(H,39,46)(H,44,45)/b12-11+,25-13+/t24-,26+,27-,28-,29-,30-,32-,33+/m1/s1. The number of unbranched alkanes of at least 4 members (excludes halogenated alkanes) is 1. The Labute approximate surface area is 308 Å². The molecule has 49 heavy (non-hydrogen) atoms. The van der Waals surface area contributed by atoms with Gasteiger partial charge in [-0.2, -0.15) is 0 Å². The number of amides is 3. The van der Waals surface area contributed by atoms with E-state index in [0.717, 1.165) is 37.9 Å². The van der Waals surface area contributed by atoms with Gasteiger partial charge in [-0.3, -0.25) is 4.79 Å². The van der Waals surface area contributed by atoms with Crippen molar-refractivity contribution < 1.29 is 38.8 Å². The summed E-state index contributed by atoms with van der Waals surface area (Å²) < 4.78 is 20.2. The molecule has 0 aromatic carbocycles. The van der Waals surface area contributed by atoms with Gasteiger partial charge in [-0.25, -0.2) is 12.7 Å². The Morgan fingerprint density at radius 2 is 1.78 bits per heavy atom. The normalized spacial score (nSPS) is 24.2. The minimum absolute atomic E-state index is 0.0628. The topological polar surface area (TPSA) is 150 Å². The first-order valence-electron chi connectivity index (χ1n) is 17.9. The summed E-state index contributed by atoms with van der Waals surface area (Å²) in [5, 5.41) is 25.2. The van der Waals surface area contributed by atoms with Crippen LogP contribution >= 0.6 is 22.9 Å². The van der Waals surface area contributed by atoms with Crippen molar-refractivity contribution >= 4 is 40.8 Å². The van der Waals surface area contributed by atoms with Gasteiger partial charge in [-0.1, -0.05) is 32.1 Å². The number of nitrogens with zero attached hydrogens (tertiary/aromatic N) is 2. The molecule has 0 unspecified atom stereocenters. The van der Waals surface area contributed by atoms with E-state index in [1.54, 1.807) is 18.9 Å². The molecule has 2 heterocycles. The van der Waals surface area contributed by atoms with Crippen molar-refractivity contribution in [2.24, 2.45) is 11.8 Å². The molecule has 2 aliphatic rings. The summed E-state index contributed by atoms with van der Waals surface area (Å²) in [4.78, 5) is 38.6. The van der Waals surface area contributed by atoms with Crippen LogP contribution in [0.25, 0.3) is 0 Å². The summed E-state index contributed by atoms with van der Waals surface area (Å²) in [6, 6.07) is -1.29. The van der Waals surface area contributed by atoms with Crippen LogP contribution in [-0.2, 0) is 23.8 Å². The molecule has 0 aromatic rings. The SMILES string of the molecule is CO[C@@H]([C@@H](C)O)[C@@H](C)OC(C)(C)C[C@H](C)/C=C/C=C(\C)[C@H]1O[C@@H](CC(=O)NCCCC[C@@H](NC(=O)N2CCN(I)CC2)C(=O)O)CC[C@@H]1C. The molecule has 13 heteroatoms. The van der Waals surface area contributed by atoms with Gasteiger partial charge in [-0.05, 0) is 90.6 Å². The Morgan fingerprint density at radius 1 is 1.10 bits per heavy atom. The lowest BCUT2D eigenvalue weighted by molar-refractivity contribution is -0.149. The van der Waals surface area contributed by atoms with Gasteiger partial charge in [0.1, 0.15) is 12.1 Å². The van der Waals surface area contributed by atoms with Crippen molar-refractivity contribution in [1.29, 1.82) is 0 Å². The number of piperazine rings is 1. The van der Waals surface area contributed by atoms with Crippen LogP contribution in [0.2, 0.25) is 0 Å². The fraction of sp³-hybridized carbons (Fsp3) is 0.806. The third-order valence-corrected chi connectivity index (χ3v) is 10.3. The number of halogens is 1. The minimum atomic E-state index is -1.05. The highest BCUT2D eigenvalue weighted by atomic mass is 127. The second kappa shape index (κ2) is 21.6. The van der Waals surface area contributed by atoms with Crippen LogP contribution in [-0.4, -0.2) is 118 Å². The molecule has 4 N–H and O–H groups in total. The second-order valence-electron chi connectivity index (χ2n) is 14.5. The van der Waals surface area contributed by atoms with Crippen LogP contribution in [0.1, 0.15) is 93.4 Å². The van der Waals surface area contributed by atoms with E-state index in [1.165, 1.54) is 0 Å². The van der Waals surface area contributed by atoms with Crippen LogP contribution < -0.4 is 10.6 Å². The minimum Gasteiger partial charge on any atom is -0.480 e. The predicted octanol–water partition coefficient (Wildman–Crippen LogP) is 5.09. The number of rotatable bonds is 19. The van der Waals surface area contributed by atoms with Crippen molar-refractivity contribution in [3.05, 3.63) is 23.8 Å². The number of carbonyl (C=O) groups is 3. The molecule has 8 atom stereocenters.